The number of piperidine rings is 1. The van der Waals surface area contributed by atoms with E-state index < -0.39 is 35.5 Å². The average Bonchev–Trinajstić information content (AvgIpc) is 2.75. The summed E-state index contributed by atoms with van der Waals surface area (Å²) in [6.45, 7) is 0.525. The van der Waals surface area contributed by atoms with E-state index in [1.807, 2.05) is 0 Å². The highest BCUT2D eigenvalue weighted by atomic mass is 19.1. The molecule has 3 amide bonds. The quantitative estimate of drug-likeness (QED) is 0.556. The van der Waals surface area contributed by atoms with E-state index in [1.165, 1.54) is 21.9 Å². The molecule has 0 bridgehead atoms. The van der Waals surface area contributed by atoms with Crippen molar-refractivity contribution in [1.82, 2.24) is 14.7 Å². The molecule has 3 aliphatic heterocycles. The van der Waals surface area contributed by atoms with E-state index >= 15 is 0 Å². The van der Waals surface area contributed by atoms with Crippen LogP contribution in [-0.2, 0) is 25.7 Å². The van der Waals surface area contributed by atoms with Crippen LogP contribution in [0.3, 0.4) is 0 Å². The Balaban J connectivity index is 1.72. The van der Waals surface area contributed by atoms with Crippen LogP contribution in [0.2, 0.25) is 0 Å². The van der Waals surface area contributed by atoms with Crippen molar-refractivity contribution in [3.63, 3.8) is 0 Å². The number of carbonyl (C=O) groups is 4. The summed E-state index contributed by atoms with van der Waals surface area (Å²) in [6.07, 6.45) is 1.29. The molecule has 1 unspecified atom stereocenters. The van der Waals surface area contributed by atoms with Crippen molar-refractivity contribution in [2.45, 2.75) is 31.8 Å². The van der Waals surface area contributed by atoms with Crippen molar-refractivity contribution in [3.8, 4) is 0 Å². The van der Waals surface area contributed by atoms with Crippen LogP contribution in [0.1, 0.15) is 24.8 Å². The first-order chi connectivity index (χ1) is 14.8. The number of ketones is 1. The van der Waals surface area contributed by atoms with E-state index in [2.05, 4.69) is 0 Å². The van der Waals surface area contributed by atoms with Gasteiger partial charge in [0.15, 0.2) is 0 Å². The van der Waals surface area contributed by atoms with Gasteiger partial charge in [0.25, 0.3) is 11.8 Å². The van der Waals surface area contributed by atoms with Crippen LogP contribution in [0.4, 0.5) is 4.39 Å². The lowest BCUT2D eigenvalue weighted by Crippen LogP contribution is -2.59. The van der Waals surface area contributed by atoms with Crippen LogP contribution in [-0.4, -0.2) is 76.1 Å². The molecule has 164 valence electrons. The number of aliphatic hydroxyl groups is 1. The number of halogens is 1. The van der Waals surface area contributed by atoms with Gasteiger partial charge in [0, 0.05) is 26.7 Å². The maximum absolute atomic E-state index is 13.2. The van der Waals surface area contributed by atoms with E-state index in [4.69, 9.17) is 0 Å². The van der Waals surface area contributed by atoms with Crippen molar-refractivity contribution in [1.29, 1.82) is 0 Å². The lowest BCUT2D eigenvalue weighted by Gasteiger charge is -2.44. The number of rotatable bonds is 3. The molecular formula is C22H24FN3O5. The second-order valence-corrected chi connectivity index (χ2v) is 8.19. The van der Waals surface area contributed by atoms with Gasteiger partial charge in [-0.05, 0) is 42.5 Å². The Hall–Kier alpha value is -3.07. The molecule has 1 aromatic carbocycles. The summed E-state index contributed by atoms with van der Waals surface area (Å²) in [5.41, 5.74) is 1.11. The molecule has 3 aliphatic rings. The molecular weight excluding hydrogens is 405 g/mol. The number of Topliss-reactive ketones (excluding diaryl/α,β-unsaturated/α-hetero) is 1. The lowest BCUT2D eigenvalue weighted by molar-refractivity contribution is -0.155. The highest BCUT2D eigenvalue weighted by Gasteiger charge is 2.51. The molecule has 8 nitrogen and oxygen atoms in total. The SMILES string of the molecule is CN1CCC[C@H](CO)N2C(=O)C(=O)C3C(=O)N(Cc4ccc(F)cc4)CCC3=C2C1=O. The first kappa shape index (κ1) is 21.2. The Labute approximate surface area is 178 Å². The molecule has 2 fully saturated rings. The zero-order chi connectivity index (χ0) is 22.3. The van der Waals surface area contributed by atoms with Crippen LogP contribution in [0, 0.1) is 11.7 Å². The molecule has 1 aromatic rings. The van der Waals surface area contributed by atoms with Crippen LogP contribution >= 0.6 is 0 Å². The Morgan fingerprint density at radius 2 is 1.77 bits per heavy atom. The molecule has 9 heteroatoms. The molecule has 2 saturated heterocycles. The van der Waals surface area contributed by atoms with Gasteiger partial charge >= 0.3 is 0 Å². The topological polar surface area (TPSA) is 98.2 Å². The fraction of sp³-hybridized carbons (Fsp3) is 0.455. The number of fused-ring (bicyclic) bond motifs is 2. The second-order valence-electron chi connectivity index (χ2n) is 8.19. The van der Waals surface area contributed by atoms with Crippen LogP contribution in [0.15, 0.2) is 35.5 Å². The number of likely N-dealkylation sites (tertiary alicyclic amines) is 1. The van der Waals surface area contributed by atoms with Crippen LogP contribution in [0.5, 0.6) is 0 Å². The maximum Gasteiger partial charge on any atom is 0.296 e. The maximum atomic E-state index is 13.2. The van der Waals surface area contributed by atoms with Crippen LogP contribution < -0.4 is 0 Å². The van der Waals surface area contributed by atoms with Crippen LogP contribution in [0.25, 0.3) is 0 Å². The average molecular weight is 429 g/mol. The molecule has 2 atom stereocenters. The Kier molecular flexibility index (Phi) is 5.62. The minimum atomic E-state index is -1.33. The molecule has 0 spiro atoms. The van der Waals surface area contributed by atoms with Crippen molar-refractivity contribution in [2.75, 3.05) is 26.7 Å². The van der Waals surface area contributed by atoms with Gasteiger partial charge in [-0.3, -0.25) is 24.1 Å². The summed E-state index contributed by atoms with van der Waals surface area (Å²) < 4.78 is 13.2. The molecule has 3 heterocycles. The zero-order valence-corrected chi connectivity index (χ0v) is 17.2. The molecule has 0 aliphatic carbocycles. The van der Waals surface area contributed by atoms with Gasteiger partial charge in [-0.15, -0.1) is 0 Å². The standard InChI is InChI=1S/C22H24FN3O5/c1-24-9-2-3-15(12-27)26-18(21(24)30)16-8-10-25(11-13-4-6-14(23)7-5-13)20(29)17(16)19(28)22(26)31/h4-7,15,17,27H,2-3,8-12H2,1H3/t15-,17?/m1/s1. The van der Waals surface area contributed by atoms with E-state index in [0.29, 0.717) is 30.5 Å². The van der Waals surface area contributed by atoms with Gasteiger partial charge in [0.1, 0.15) is 17.4 Å². The predicted molar refractivity (Wildman–Crippen MR) is 107 cm³/mol. The Morgan fingerprint density at radius 1 is 1.06 bits per heavy atom. The normalized spacial score (nSPS) is 24.8. The summed E-state index contributed by atoms with van der Waals surface area (Å²) >= 11 is 0. The molecule has 0 radical (unpaired) electrons. The summed E-state index contributed by atoms with van der Waals surface area (Å²) in [5, 5.41) is 9.82. The summed E-state index contributed by atoms with van der Waals surface area (Å²) in [5.74, 6) is -4.47. The second kappa shape index (κ2) is 8.22. The number of nitrogens with zero attached hydrogens (tertiary/aromatic N) is 3. The van der Waals surface area contributed by atoms with E-state index in [9.17, 15) is 28.7 Å². The molecule has 0 saturated carbocycles. The number of hydrogen-bond donors (Lipinski definition) is 1. The number of carbonyl (C=O) groups excluding carboxylic acids is 4. The first-order valence-corrected chi connectivity index (χ1v) is 10.3. The van der Waals surface area contributed by atoms with E-state index in [1.54, 1.807) is 19.2 Å². The number of aliphatic hydroxyl groups excluding tert-OH is 1. The minimum absolute atomic E-state index is 0.0608. The van der Waals surface area contributed by atoms with Gasteiger partial charge in [-0.1, -0.05) is 12.1 Å². The smallest absolute Gasteiger partial charge is 0.296 e. The van der Waals surface area contributed by atoms with Crippen molar-refractivity contribution >= 4 is 23.5 Å². The number of amides is 3. The fourth-order valence-electron chi connectivity index (χ4n) is 4.57. The van der Waals surface area contributed by atoms with E-state index in [0.717, 1.165) is 4.90 Å². The Morgan fingerprint density at radius 3 is 2.45 bits per heavy atom. The molecule has 1 N–H and O–H groups in total. The highest BCUT2D eigenvalue weighted by molar-refractivity contribution is 6.43. The molecule has 0 aromatic heterocycles. The Bertz CT molecular complexity index is 974. The lowest BCUT2D eigenvalue weighted by atomic mass is 9.80. The highest BCUT2D eigenvalue weighted by Crippen LogP contribution is 2.37. The summed E-state index contributed by atoms with van der Waals surface area (Å²) in [7, 11) is 1.62. The zero-order valence-electron chi connectivity index (χ0n) is 17.2. The molecule has 31 heavy (non-hydrogen) atoms. The van der Waals surface area contributed by atoms with Gasteiger partial charge in [-0.2, -0.15) is 0 Å². The third-order valence-corrected chi connectivity index (χ3v) is 6.24. The number of likely N-dealkylation sites (N-methyl/N-ethyl adjacent to an activating group) is 1. The molecule has 4 rings (SSSR count). The third-order valence-electron chi connectivity index (χ3n) is 6.24. The van der Waals surface area contributed by atoms with E-state index in [-0.39, 0.29) is 37.6 Å². The number of benzene rings is 1. The van der Waals surface area contributed by atoms with Crippen molar-refractivity contribution < 1.29 is 28.7 Å². The van der Waals surface area contributed by atoms with Crippen molar-refractivity contribution in [2.24, 2.45) is 5.92 Å². The van der Waals surface area contributed by atoms with Gasteiger partial charge < -0.3 is 14.9 Å². The fourth-order valence-corrected chi connectivity index (χ4v) is 4.57. The van der Waals surface area contributed by atoms with Gasteiger partial charge in [-0.25, -0.2) is 4.39 Å². The monoisotopic (exact) mass is 429 g/mol. The van der Waals surface area contributed by atoms with Gasteiger partial charge in [0.2, 0.25) is 11.7 Å². The predicted octanol–water partition coefficient (Wildman–Crippen LogP) is 0.453. The third kappa shape index (κ3) is 3.63. The van der Waals surface area contributed by atoms with Gasteiger partial charge in [0.05, 0.1) is 12.6 Å². The first-order valence-electron chi connectivity index (χ1n) is 10.3. The summed E-state index contributed by atoms with van der Waals surface area (Å²) in [4.78, 5) is 56.4. The van der Waals surface area contributed by atoms with Crippen molar-refractivity contribution in [3.05, 3.63) is 46.9 Å². The largest absolute Gasteiger partial charge is 0.394 e. The minimum Gasteiger partial charge on any atom is -0.394 e. The summed E-state index contributed by atoms with van der Waals surface area (Å²) in [6, 6.07) is 5.03. The number of hydrogen-bond acceptors (Lipinski definition) is 5.